The fraction of sp³-hybridized carbons (Fsp3) is 0.643. The number of hydrogen-bond donors (Lipinski definition) is 1. The van der Waals surface area contributed by atoms with Gasteiger partial charge >= 0.3 is 0 Å². The number of carbonyl (C=O) groups excluding carboxylic acids is 1. The van der Waals surface area contributed by atoms with E-state index in [4.69, 9.17) is 0 Å². The third-order valence-corrected chi connectivity index (χ3v) is 4.86. The van der Waals surface area contributed by atoms with Gasteiger partial charge in [0.05, 0.1) is 17.3 Å². The Hall–Kier alpha value is -1.41. The minimum absolute atomic E-state index is 0.165. The Labute approximate surface area is 117 Å². The second-order valence-electron chi connectivity index (χ2n) is 5.24. The van der Waals surface area contributed by atoms with Crippen LogP contribution in [0.4, 0.5) is 0 Å². The van der Waals surface area contributed by atoms with Gasteiger partial charge in [0, 0.05) is 0 Å². The molecule has 0 aromatic carbocycles. The molecular weight excluding hydrogens is 258 g/mol. The highest BCUT2D eigenvalue weighted by Crippen LogP contribution is 2.33. The van der Waals surface area contributed by atoms with E-state index in [1.165, 1.54) is 11.3 Å². The van der Waals surface area contributed by atoms with Gasteiger partial charge in [-0.25, -0.2) is 4.98 Å². The SMILES string of the molecule is CCC1CCC(C#N)(NC(=O)c2cnc(C)s2)CC1. The minimum Gasteiger partial charge on any atom is -0.333 e. The molecule has 2 rings (SSSR count). The minimum atomic E-state index is -0.680. The predicted octanol–water partition coefficient (Wildman–Crippen LogP) is 3.04. The van der Waals surface area contributed by atoms with Crippen molar-refractivity contribution in [1.29, 1.82) is 5.26 Å². The van der Waals surface area contributed by atoms with Gasteiger partial charge in [-0.15, -0.1) is 11.3 Å². The smallest absolute Gasteiger partial charge is 0.264 e. The van der Waals surface area contributed by atoms with E-state index in [1.54, 1.807) is 6.20 Å². The molecule has 0 atom stereocenters. The van der Waals surface area contributed by atoms with Crippen molar-refractivity contribution in [2.45, 2.75) is 51.5 Å². The van der Waals surface area contributed by atoms with Gasteiger partial charge in [-0.2, -0.15) is 5.26 Å². The van der Waals surface area contributed by atoms with Crippen LogP contribution in [0, 0.1) is 24.2 Å². The van der Waals surface area contributed by atoms with Gasteiger partial charge in [0.1, 0.15) is 10.4 Å². The van der Waals surface area contributed by atoms with Gasteiger partial charge in [0.15, 0.2) is 0 Å². The van der Waals surface area contributed by atoms with Gasteiger partial charge in [-0.3, -0.25) is 4.79 Å². The first-order chi connectivity index (χ1) is 9.08. The van der Waals surface area contributed by atoms with E-state index in [0.29, 0.717) is 10.8 Å². The molecule has 0 unspecified atom stereocenters. The van der Waals surface area contributed by atoms with Crippen LogP contribution in [0.25, 0.3) is 0 Å². The van der Waals surface area contributed by atoms with Crippen molar-refractivity contribution < 1.29 is 4.79 Å². The van der Waals surface area contributed by atoms with Gasteiger partial charge in [-0.1, -0.05) is 13.3 Å². The van der Waals surface area contributed by atoms with Gasteiger partial charge in [-0.05, 0) is 38.5 Å². The number of nitriles is 1. The lowest BCUT2D eigenvalue weighted by Gasteiger charge is -2.35. The fourth-order valence-corrected chi connectivity index (χ4v) is 3.26. The van der Waals surface area contributed by atoms with Crippen LogP contribution in [0.5, 0.6) is 0 Å². The first-order valence-electron chi connectivity index (χ1n) is 6.75. The Morgan fingerprint density at radius 1 is 1.63 bits per heavy atom. The zero-order chi connectivity index (χ0) is 13.9. The van der Waals surface area contributed by atoms with E-state index in [1.807, 2.05) is 6.92 Å². The summed E-state index contributed by atoms with van der Waals surface area (Å²) < 4.78 is 0. The molecule has 1 saturated carbocycles. The van der Waals surface area contributed by atoms with E-state index in [-0.39, 0.29) is 5.91 Å². The van der Waals surface area contributed by atoms with Gasteiger partial charge in [0.2, 0.25) is 0 Å². The van der Waals surface area contributed by atoms with Crippen molar-refractivity contribution in [2.24, 2.45) is 5.92 Å². The molecule has 0 saturated heterocycles. The summed E-state index contributed by atoms with van der Waals surface area (Å²) in [5.41, 5.74) is -0.680. The van der Waals surface area contributed by atoms with Crippen LogP contribution in [0.1, 0.15) is 53.7 Å². The number of carbonyl (C=O) groups is 1. The third-order valence-electron chi connectivity index (χ3n) is 3.95. The molecule has 0 spiro atoms. The van der Waals surface area contributed by atoms with Crippen molar-refractivity contribution in [1.82, 2.24) is 10.3 Å². The number of nitrogens with zero attached hydrogens (tertiary/aromatic N) is 2. The highest BCUT2D eigenvalue weighted by molar-refractivity contribution is 7.13. The Morgan fingerprint density at radius 2 is 2.32 bits per heavy atom. The number of amides is 1. The quantitative estimate of drug-likeness (QED) is 0.923. The van der Waals surface area contributed by atoms with Crippen LogP contribution < -0.4 is 5.32 Å². The van der Waals surface area contributed by atoms with E-state index in [2.05, 4.69) is 23.3 Å². The third kappa shape index (κ3) is 3.13. The summed E-state index contributed by atoms with van der Waals surface area (Å²) >= 11 is 1.37. The van der Waals surface area contributed by atoms with Crippen LogP contribution in [0.2, 0.25) is 0 Å². The first kappa shape index (κ1) is 14.0. The molecular formula is C14H19N3OS. The highest BCUT2D eigenvalue weighted by Gasteiger charge is 2.36. The summed E-state index contributed by atoms with van der Waals surface area (Å²) in [5, 5.41) is 13.2. The summed E-state index contributed by atoms with van der Waals surface area (Å²) in [6.07, 6.45) is 6.29. The summed E-state index contributed by atoms with van der Waals surface area (Å²) in [6, 6.07) is 2.32. The van der Waals surface area contributed by atoms with Crippen molar-refractivity contribution in [2.75, 3.05) is 0 Å². The van der Waals surface area contributed by atoms with Gasteiger partial charge < -0.3 is 5.32 Å². The molecule has 1 aliphatic rings. The second-order valence-corrected chi connectivity index (χ2v) is 6.48. The topological polar surface area (TPSA) is 65.8 Å². The molecule has 19 heavy (non-hydrogen) atoms. The fourth-order valence-electron chi connectivity index (χ4n) is 2.59. The van der Waals surface area contributed by atoms with E-state index in [9.17, 15) is 10.1 Å². The van der Waals surface area contributed by atoms with Crippen LogP contribution >= 0.6 is 11.3 Å². The Bertz CT molecular complexity index is 495. The summed E-state index contributed by atoms with van der Waals surface area (Å²) in [5.74, 6) is 0.533. The average Bonchev–Trinajstić information content (AvgIpc) is 2.86. The van der Waals surface area contributed by atoms with Crippen molar-refractivity contribution in [3.63, 3.8) is 0 Å². The lowest BCUT2D eigenvalue weighted by atomic mass is 9.76. The molecule has 1 heterocycles. The van der Waals surface area contributed by atoms with Crippen molar-refractivity contribution >= 4 is 17.2 Å². The van der Waals surface area contributed by atoms with Crippen LogP contribution in [0.3, 0.4) is 0 Å². The molecule has 1 fully saturated rings. The number of aromatic nitrogens is 1. The number of hydrogen-bond acceptors (Lipinski definition) is 4. The molecule has 1 aromatic heterocycles. The molecule has 1 aromatic rings. The lowest BCUT2D eigenvalue weighted by molar-refractivity contribution is 0.0895. The van der Waals surface area contributed by atoms with Gasteiger partial charge in [0.25, 0.3) is 5.91 Å². The normalized spacial score (nSPS) is 26.7. The monoisotopic (exact) mass is 277 g/mol. The molecule has 102 valence electrons. The Morgan fingerprint density at radius 3 is 2.79 bits per heavy atom. The maximum absolute atomic E-state index is 12.1. The molecule has 0 aliphatic heterocycles. The summed E-state index contributed by atoms with van der Waals surface area (Å²) in [6.45, 7) is 4.05. The van der Waals surface area contributed by atoms with Crippen LogP contribution in [-0.4, -0.2) is 16.4 Å². The first-order valence-corrected chi connectivity index (χ1v) is 7.56. The maximum Gasteiger partial charge on any atom is 0.264 e. The number of rotatable bonds is 3. The van der Waals surface area contributed by atoms with Crippen LogP contribution in [-0.2, 0) is 0 Å². The van der Waals surface area contributed by atoms with Crippen molar-refractivity contribution in [3.8, 4) is 6.07 Å². The second kappa shape index (κ2) is 5.70. The number of nitrogens with one attached hydrogen (secondary N) is 1. The summed E-state index contributed by atoms with van der Waals surface area (Å²) in [4.78, 5) is 16.8. The zero-order valence-electron chi connectivity index (χ0n) is 11.4. The predicted molar refractivity (Wildman–Crippen MR) is 74.9 cm³/mol. The average molecular weight is 277 g/mol. The molecule has 5 heteroatoms. The number of aryl methyl sites for hydroxylation is 1. The largest absolute Gasteiger partial charge is 0.333 e. The molecule has 4 nitrogen and oxygen atoms in total. The van der Waals surface area contributed by atoms with Crippen molar-refractivity contribution in [3.05, 3.63) is 16.1 Å². The molecule has 0 radical (unpaired) electrons. The lowest BCUT2D eigenvalue weighted by Crippen LogP contribution is -2.49. The standard InChI is InChI=1S/C14H19N3OS/c1-3-11-4-6-14(9-15,7-5-11)17-13(18)12-8-16-10(2)19-12/h8,11H,3-7H2,1-2H3,(H,17,18). The highest BCUT2D eigenvalue weighted by atomic mass is 32.1. The summed E-state index contributed by atoms with van der Waals surface area (Å²) in [7, 11) is 0. The van der Waals surface area contributed by atoms with Crippen LogP contribution in [0.15, 0.2) is 6.20 Å². The Kier molecular flexibility index (Phi) is 4.20. The molecule has 1 aliphatic carbocycles. The van der Waals surface area contributed by atoms with E-state index < -0.39 is 5.54 Å². The molecule has 0 bridgehead atoms. The Balaban J connectivity index is 2.04. The van der Waals surface area contributed by atoms with E-state index in [0.717, 1.165) is 37.1 Å². The van der Waals surface area contributed by atoms with E-state index >= 15 is 0 Å². The number of thiazole rings is 1. The zero-order valence-corrected chi connectivity index (χ0v) is 12.2. The maximum atomic E-state index is 12.1. The molecule has 1 N–H and O–H groups in total. The molecule has 1 amide bonds.